The molecule has 14 heavy (non-hydrogen) atoms. The monoisotopic (exact) mass is 191 g/mol. The Labute approximate surface area is 84.9 Å². The molecule has 2 rings (SSSR count). The minimum atomic E-state index is 0.580. The van der Waals surface area contributed by atoms with Crippen molar-refractivity contribution in [3.05, 3.63) is 29.6 Å². The minimum absolute atomic E-state index is 0.580. The van der Waals surface area contributed by atoms with E-state index in [1.807, 2.05) is 12.3 Å². The smallest absolute Gasteiger partial charge is 0.0573 e. The standard InChI is InChI=1S/C11H17N3/c1-9-3-2-5-13-11(9)8-14-6-4-10(14)7-12/h2-3,5,10H,4,6-8,12H2,1H3. The second kappa shape index (κ2) is 4.07. The Kier molecular flexibility index (Phi) is 2.79. The van der Waals surface area contributed by atoms with E-state index in [-0.39, 0.29) is 0 Å². The summed E-state index contributed by atoms with van der Waals surface area (Å²) in [6, 6.07) is 4.67. The Morgan fingerprint density at radius 3 is 3.07 bits per heavy atom. The van der Waals surface area contributed by atoms with Crippen LogP contribution in [0.25, 0.3) is 0 Å². The molecule has 1 aromatic heterocycles. The van der Waals surface area contributed by atoms with Gasteiger partial charge in [-0.1, -0.05) is 6.07 Å². The lowest BCUT2D eigenvalue weighted by molar-refractivity contribution is 0.0865. The highest BCUT2D eigenvalue weighted by Crippen LogP contribution is 2.19. The summed E-state index contributed by atoms with van der Waals surface area (Å²) < 4.78 is 0. The van der Waals surface area contributed by atoms with Crippen molar-refractivity contribution in [1.29, 1.82) is 0 Å². The fourth-order valence-electron chi connectivity index (χ4n) is 1.85. The summed E-state index contributed by atoms with van der Waals surface area (Å²) in [5.74, 6) is 0. The average molecular weight is 191 g/mol. The number of likely N-dealkylation sites (tertiary alicyclic amines) is 1. The second-order valence-electron chi connectivity index (χ2n) is 3.92. The molecule has 0 radical (unpaired) electrons. The van der Waals surface area contributed by atoms with Crippen LogP contribution in [-0.2, 0) is 6.54 Å². The number of pyridine rings is 1. The molecule has 3 heteroatoms. The fraction of sp³-hybridized carbons (Fsp3) is 0.545. The van der Waals surface area contributed by atoms with Gasteiger partial charge in [0.25, 0.3) is 0 Å². The predicted octanol–water partition coefficient (Wildman–Crippen LogP) is 0.923. The van der Waals surface area contributed by atoms with Crippen LogP contribution in [0.4, 0.5) is 0 Å². The molecule has 2 heterocycles. The van der Waals surface area contributed by atoms with Crippen molar-refractivity contribution in [1.82, 2.24) is 9.88 Å². The van der Waals surface area contributed by atoms with Gasteiger partial charge >= 0.3 is 0 Å². The number of nitrogens with zero attached hydrogens (tertiary/aromatic N) is 2. The van der Waals surface area contributed by atoms with Crippen LogP contribution in [0.15, 0.2) is 18.3 Å². The van der Waals surface area contributed by atoms with Crippen molar-refractivity contribution in [2.24, 2.45) is 5.73 Å². The summed E-state index contributed by atoms with van der Waals surface area (Å²) in [7, 11) is 0. The van der Waals surface area contributed by atoms with Gasteiger partial charge < -0.3 is 5.73 Å². The van der Waals surface area contributed by atoms with Gasteiger partial charge in [-0.05, 0) is 25.0 Å². The third kappa shape index (κ3) is 1.79. The molecule has 0 amide bonds. The molecule has 1 aliphatic heterocycles. The molecule has 1 saturated heterocycles. The molecular weight excluding hydrogens is 174 g/mol. The highest BCUT2D eigenvalue weighted by Gasteiger charge is 2.26. The molecule has 2 N–H and O–H groups in total. The highest BCUT2D eigenvalue weighted by atomic mass is 15.2. The maximum absolute atomic E-state index is 5.65. The van der Waals surface area contributed by atoms with Crippen molar-refractivity contribution >= 4 is 0 Å². The largest absolute Gasteiger partial charge is 0.329 e. The summed E-state index contributed by atoms with van der Waals surface area (Å²) >= 11 is 0. The van der Waals surface area contributed by atoms with Gasteiger partial charge in [-0.2, -0.15) is 0 Å². The van der Waals surface area contributed by atoms with E-state index in [4.69, 9.17) is 5.73 Å². The molecule has 1 aliphatic rings. The Morgan fingerprint density at radius 1 is 1.64 bits per heavy atom. The van der Waals surface area contributed by atoms with E-state index in [2.05, 4.69) is 22.9 Å². The van der Waals surface area contributed by atoms with E-state index in [1.165, 1.54) is 17.7 Å². The van der Waals surface area contributed by atoms with Crippen molar-refractivity contribution in [2.45, 2.75) is 25.9 Å². The maximum Gasteiger partial charge on any atom is 0.0573 e. The number of aromatic nitrogens is 1. The lowest BCUT2D eigenvalue weighted by atomic mass is 10.0. The number of rotatable bonds is 3. The van der Waals surface area contributed by atoms with Gasteiger partial charge in [0.05, 0.1) is 5.69 Å². The lowest BCUT2D eigenvalue weighted by Crippen LogP contribution is -2.51. The van der Waals surface area contributed by atoms with E-state index in [9.17, 15) is 0 Å². The lowest BCUT2D eigenvalue weighted by Gasteiger charge is -2.40. The van der Waals surface area contributed by atoms with Crippen LogP contribution in [0.3, 0.4) is 0 Å². The molecular formula is C11H17N3. The van der Waals surface area contributed by atoms with Crippen LogP contribution in [0, 0.1) is 6.92 Å². The highest BCUT2D eigenvalue weighted by molar-refractivity contribution is 5.17. The van der Waals surface area contributed by atoms with Crippen LogP contribution < -0.4 is 5.73 Å². The third-order valence-electron chi connectivity index (χ3n) is 3.01. The maximum atomic E-state index is 5.65. The van der Waals surface area contributed by atoms with Crippen molar-refractivity contribution in [3.8, 4) is 0 Å². The molecule has 76 valence electrons. The van der Waals surface area contributed by atoms with Gasteiger partial charge in [0.2, 0.25) is 0 Å². The Morgan fingerprint density at radius 2 is 2.50 bits per heavy atom. The first-order valence-electron chi connectivity index (χ1n) is 5.16. The molecule has 0 spiro atoms. The summed E-state index contributed by atoms with van der Waals surface area (Å²) in [6.07, 6.45) is 3.10. The van der Waals surface area contributed by atoms with Gasteiger partial charge in [-0.15, -0.1) is 0 Å². The molecule has 0 aliphatic carbocycles. The molecule has 0 bridgehead atoms. The van der Waals surface area contributed by atoms with Gasteiger partial charge in [0, 0.05) is 31.9 Å². The zero-order valence-electron chi connectivity index (χ0n) is 8.61. The number of hydrogen-bond acceptors (Lipinski definition) is 3. The van der Waals surface area contributed by atoms with Gasteiger partial charge in [0.1, 0.15) is 0 Å². The van der Waals surface area contributed by atoms with Crippen LogP contribution >= 0.6 is 0 Å². The van der Waals surface area contributed by atoms with E-state index in [0.29, 0.717) is 6.04 Å². The minimum Gasteiger partial charge on any atom is -0.329 e. The van der Waals surface area contributed by atoms with Crippen LogP contribution in [0.2, 0.25) is 0 Å². The Balaban J connectivity index is 2.01. The van der Waals surface area contributed by atoms with E-state index in [1.54, 1.807) is 0 Å². The molecule has 1 atom stereocenters. The molecule has 3 nitrogen and oxygen atoms in total. The van der Waals surface area contributed by atoms with E-state index >= 15 is 0 Å². The van der Waals surface area contributed by atoms with E-state index in [0.717, 1.165) is 19.6 Å². The Hall–Kier alpha value is -0.930. The number of aryl methyl sites for hydroxylation is 1. The molecule has 0 saturated carbocycles. The first-order valence-corrected chi connectivity index (χ1v) is 5.16. The summed E-state index contributed by atoms with van der Waals surface area (Å²) in [5.41, 5.74) is 8.11. The van der Waals surface area contributed by atoms with Crippen LogP contribution in [0.5, 0.6) is 0 Å². The SMILES string of the molecule is Cc1cccnc1CN1CCC1CN. The van der Waals surface area contributed by atoms with Crippen LogP contribution in [-0.4, -0.2) is 29.0 Å². The van der Waals surface area contributed by atoms with Crippen molar-refractivity contribution in [3.63, 3.8) is 0 Å². The van der Waals surface area contributed by atoms with Crippen molar-refractivity contribution in [2.75, 3.05) is 13.1 Å². The zero-order chi connectivity index (χ0) is 9.97. The normalized spacial score (nSPS) is 22.0. The first-order chi connectivity index (χ1) is 6.81. The van der Waals surface area contributed by atoms with Crippen LogP contribution in [0.1, 0.15) is 17.7 Å². The predicted molar refractivity (Wildman–Crippen MR) is 56.8 cm³/mol. The van der Waals surface area contributed by atoms with Crippen molar-refractivity contribution < 1.29 is 0 Å². The zero-order valence-corrected chi connectivity index (χ0v) is 8.61. The topological polar surface area (TPSA) is 42.2 Å². The van der Waals surface area contributed by atoms with E-state index < -0.39 is 0 Å². The summed E-state index contributed by atoms with van der Waals surface area (Å²) in [4.78, 5) is 6.78. The molecule has 1 fully saturated rings. The quantitative estimate of drug-likeness (QED) is 0.772. The summed E-state index contributed by atoms with van der Waals surface area (Å²) in [6.45, 7) is 5.00. The molecule has 0 aromatic carbocycles. The molecule has 1 unspecified atom stereocenters. The fourth-order valence-corrected chi connectivity index (χ4v) is 1.85. The van der Waals surface area contributed by atoms with Gasteiger partial charge in [-0.3, -0.25) is 9.88 Å². The average Bonchev–Trinajstić information content (AvgIpc) is 2.15. The second-order valence-corrected chi connectivity index (χ2v) is 3.92. The third-order valence-corrected chi connectivity index (χ3v) is 3.01. The summed E-state index contributed by atoms with van der Waals surface area (Å²) in [5, 5.41) is 0. The Bertz CT molecular complexity index is 309. The number of hydrogen-bond donors (Lipinski definition) is 1. The first kappa shape index (κ1) is 9.62. The molecule has 1 aromatic rings. The van der Waals surface area contributed by atoms with Gasteiger partial charge in [0.15, 0.2) is 0 Å². The number of nitrogens with two attached hydrogens (primary N) is 1. The van der Waals surface area contributed by atoms with Gasteiger partial charge in [-0.25, -0.2) is 0 Å².